The Hall–Kier alpha value is -1.45. The van der Waals surface area contributed by atoms with Crippen LogP contribution < -0.4 is 5.32 Å². The molecule has 0 radical (unpaired) electrons. The van der Waals surface area contributed by atoms with Crippen molar-refractivity contribution < 1.29 is 4.39 Å². The summed E-state index contributed by atoms with van der Waals surface area (Å²) in [6.45, 7) is 2.96. The summed E-state index contributed by atoms with van der Waals surface area (Å²) in [5.41, 5.74) is 2.19. The molecule has 0 saturated heterocycles. The molecule has 1 unspecified atom stereocenters. The Bertz CT molecular complexity index is 545. The van der Waals surface area contributed by atoms with E-state index in [1.165, 1.54) is 17.7 Å². The maximum absolute atomic E-state index is 13.1. The van der Waals surface area contributed by atoms with Crippen LogP contribution in [0.2, 0.25) is 5.02 Å². The third-order valence-electron chi connectivity index (χ3n) is 3.21. The van der Waals surface area contributed by atoms with E-state index in [2.05, 4.69) is 17.2 Å². The summed E-state index contributed by atoms with van der Waals surface area (Å²) in [6, 6.07) is 8.87. The maximum atomic E-state index is 13.1. The molecule has 2 rings (SSSR count). The number of halogens is 2. The van der Waals surface area contributed by atoms with Crippen LogP contribution in [0.5, 0.6) is 0 Å². The molecule has 1 atom stereocenters. The summed E-state index contributed by atoms with van der Waals surface area (Å²) < 4.78 is 13.1. The molecule has 0 amide bonds. The van der Waals surface area contributed by atoms with Crippen molar-refractivity contribution in [3.8, 4) is 0 Å². The molecule has 2 aromatic rings. The SMILES string of the molecule is CCNC(Cc1ccncc1)Cc1ccc(F)cc1Cl. The van der Waals surface area contributed by atoms with Crippen LogP contribution in [0.25, 0.3) is 0 Å². The van der Waals surface area contributed by atoms with Crippen molar-refractivity contribution in [1.29, 1.82) is 0 Å². The summed E-state index contributed by atoms with van der Waals surface area (Å²) in [5.74, 6) is -0.298. The molecule has 0 saturated carbocycles. The van der Waals surface area contributed by atoms with Crippen LogP contribution in [-0.4, -0.2) is 17.6 Å². The lowest BCUT2D eigenvalue weighted by Gasteiger charge is -2.18. The smallest absolute Gasteiger partial charge is 0.124 e. The summed E-state index contributed by atoms with van der Waals surface area (Å²) in [4.78, 5) is 4.02. The Morgan fingerprint density at radius 1 is 1.20 bits per heavy atom. The summed E-state index contributed by atoms with van der Waals surface area (Å²) in [6.07, 6.45) is 5.26. The highest BCUT2D eigenvalue weighted by Gasteiger charge is 2.12. The quantitative estimate of drug-likeness (QED) is 0.879. The summed E-state index contributed by atoms with van der Waals surface area (Å²) in [7, 11) is 0. The minimum Gasteiger partial charge on any atom is -0.314 e. The Labute approximate surface area is 124 Å². The fraction of sp³-hybridized carbons (Fsp3) is 0.312. The fourth-order valence-electron chi connectivity index (χ4n) is 2.26. The van der Waals surface area contributed by atoms with Crippen molar-refractivity contribution >= 4 is 11.6 Å². The minimum atomic E-state index is -0.298. The second-order valence-electron chi connectivity index (χ2n) is 4.75. The van der Waals surface area contributed by atoms with E-state index < -0.39 is 0 Å². The first-order valence-electron chi connectivity index (χ1n) is 6.75. The van der Waals surface area contributed by atoms with Gasteiger partial charge in [0.2, 0.25) is 0 Å². The van der Waals surface area contributed by atoms with Gasteiger partial charge in [-0.2, -0.15) is 0 Å². The first-order chi connectivity index (χ1) is 9.69. The standard InChI is InChI=1S/C16H18ClFN2/c1-2-20-15(9-12-5-7-19-8-6-12)10-13-3-4-14(18)11-16(13)17/h3-8,11,15,20H,2,9-10H2,1H3. The first-order valence-corrected chi connectivity index (χ1v) is 7.13. The molecular formula is C16H18ClFN2. The topological polar surface area (TPSA) is 24.9 Å². The number of hydrogen-bond acceptors (Lipinski definition) is 2. The monoisotopic (exact) mass is 292 g/mol. The zero-order valence-corrected chi connectivity index (χ0v) is 12.2. The van der Waals surface area contributed by atoms with Gasteiger partial charge in [-0.1, -0.05) is 24.6 Å². The Morgan fingerprint density at radius 2 is 1.95 bits per heavy atom. The van der Waals surface area contributed by atoms with Crippen LogP contribution in [0.15, 0.2) is 42.7 Å². The molecule has 2 nitrogen and oxygen atoms in total. The van der Waals surface area contributed by atoms with Crippen LogP contribution in [-0.2, 0) is 12.8 Å². The van der Waals surface area contributed by atoms with Gasteiger partial charge in [-0.25, -0.2) is 4.39 Å². The molecule has 1 heterocycles. The van der Waals surface area contributed by atoms with Crippen molar-refractivity contribution in [2.45, 2.75) is 25.8 Å². The minimum absolute atomic E-state index is 0.269. The van der Waals surface area contributed by atoms with Crippen LogP contribution in [0.3, 0.4) is 0 Å². The Morgan fingerprint density at radius 3 is 2.60 bits per heavy atom. The number of rotatable bonds is 6. The number of likely N-dealkylation sites (N-methyl/N-ethyl adjacent to an activating group) is 1. The van der Waals surface area contributed by atoms with Gasteiger partial charge in [0.25, 0.3) is 0 Å². The van der Waals surface area contributed by atoms with E-state index in [0.29, 0.717) is 5.02 Å². The lowest BCUT2D eigenvalue weighted by molar-refractivity contribution is 0.520. The van der Waals surface area contributed by atoms with Gasteiger partial charge < -0.3 is 5.32 Å². The van der Waals surface area contributed by atoms with Gasteiger partial charge in [-0.05, 0) is 54.8 Å². The predicted molar refractivity (Wildman–Crippen MR) is 80.5 cm³/mol. The van der Waals surface area contributed by atoms with Crippen LogP contribution in [0.1, 0.15) is 18.1 Å². The van der Waals surface area contributed by atoms with E-state index >= 15 is 0 Å². The van der Waals surface area contributed by atoms with Gasteiger partial charge in [0.05, 0.1) is 0 Å². The highest BCUT2D eigenvalue weighted by molar-refractivity contribution is 6.31. The molecule has 1 N–H and O–H groups in total. The average Bonchev–Trinajstić information content (AvgIpc) is 2.43. The zero-order valence-electron chi connectivity index (χ0n) is 11.4. The second kappa shape index (κ2) is 7.36. The number of pyridine rings is 1. The lowest BCUT2D eigenvalue weighted by atomic mass is 9.99. The van der Waals surface area contributed by atoms with Crippen molar-refractivity contribution in [2.75, 3.05) is 6.54 Å². The molecular weight excluding hydrogens is 275 g/mol. The summed E-state index contributed by atoms with van der Waals surface area (Å²) in [5, 5.41) is 3.94. The molecule has 0 aliphatic rings. The molecule has 106 valence electrons. The van der Waals surface area contributed by atoms with Gasteiger partial charge in [0, 0.05) is 23.5 Å². The Kier molecular flexibility index (Phi) is 5.50. The molecule has 20 heavy (non-hydrogen) atoms. The van der Waals surface area contributed by atoms with E-state index in [0.717, 1.165) is 24.9 Å². The van der Waals surface area contributed by atoms with Crippen LogP contribution in [0.4, 0.5) is 4.39 Å². The molecule has 0 aliphatic carbocycles. The molecule has 1 aromatic carbocycles. The van der Waals surface area contributed by atoms with Gasteiger partial charge >= 0.3 is 0 Å². The first kappa shape index (κ1) is 14.9. The largest absolute Gasteiger partial charge is 0.314 e. The number of aromatic nitrogens is 1. The predicted octanol–water partition coefficient (Wildman–Crippen LogP) is 3.64. The molecule has 0 bridgehead atoms. The molecule has 4 heteroatoms. The van der Waals surface area contributed by atoms with Gasteiger partial charge in [0.15, 0.2) is 0 Å². The molecule has 0 spiro atoms. The van der Waals surface area contributed by atoms with Crippen molar-refractivity contribution in [1.82, 2.24) is 10.3 Å². The highest BCUT2D eigenvalue weighted by atomic mass is 35.5. The Balaban J connectivity index is 2.09. The van der Waals surface area contributed by atoms with E-state index in [1.807, 2.05) is 12.1 Å². The highest BCUT2D eigenvalue weighted by Crippen LogP contribution is 2.19. The fourth-order valence-corrected chi connectivity index (χ4v) is 2.51. The van der Waals surface area contributed by atoms with E-state index in [-0.39, 0.29) is 11.9 Å². The molecule has 0 aliphatic heterocycles. The number of hydrogen-bond donors (Lipinski definition) is 1. The van der Waals surface area contributed by atoms with Gasteiger partial charge in [0.1, 0.15) is 5.82 Å². The normalized spacial score (nSPS) is 12.3. The zero-order chi connectivity index (χ0) is 14.4. The van der Waals surface area contributed by atoms with Crippen molar-refractivity contribution in [3.63, 3.8) is 0 Å². The third kappa shape index (κ3) is 4.29. The van der Waals surface area contributed by atoms with Gasteiger partial charge in [-0.15, -0.1) is 0 Å². The number of benzene rings is 1. The summed E-state index contributed by atoms with van der Waals surface area (Å²) >= 11 is 6.10. The molecule has 0 fully saturated rings. The third-order valence-corrected chi connectivity index (χ3v) is 3.56. The van der Waals surface area contributed by atoms with Gasteiger partial charge in [-0.3, -0.25) is 4.98 Å². The van der Waals surface area contributed by atoms with Crippen LogP contribution >= 0.6 is 11.6 Å². The van der Waals surface area contributed by atoms with E-state index in [4.69, 9.17) is 11.6 Å². The number of nitrogens with zero attached hydrogens (tertiary/aromatic N) is 1. The average molecular weight is 293 g/mol. The molecule has 1 aromatic heterocycles. The van der Waals surface area contributed by atoms with E-state index in [1.54, 1.807) is 18.5 Å². The lowest BCUT2D eigenvalue weighted by Crippen LogP contribution is -2.33. The maximum Gasteiger partial charge on any atom is 0.124 e. The van der Waals surface area contributed by atoms with Crippen LogP contribution in [0, 0.1) is 5.82 Å². The van der Waals surface area contributed by atoms with E-state index in [9.17, 15) is 4.39 Å². The van der Waals surface area contributed by atoms with Crippen molar-refractivity contribution in [3.05, 3.63) is 64.7 Å². The number of nitrogens with one attached hydrogen (secondary N) is 1. The van der Waals surface area contributed by atoms with Crippen molar-refractivity contribution in [2.24, 2.45) is 0 Å². The second-order valence-corrected chi connectivity index (χ2v) is 5.16.